The molecule has 6 rings (SSSR count). The Hall–Kier alpha value is -3.80. The fraction of sp³-hybridized carbons (Fsp3) is 0.394. The van der Waals surface area contributed by atoms with Gasteiger partial charge in [-0.05, 0) is 80.5 Å². The predicted molar refractivity (Wildman–Crippen MR) is 174 cm³/mol. The number of benzene rings is 2. The van der Waals surface area contributed by atoms with Crippen molar-refractivity contribution in [3.8, 4) is 0 Å². The number of nitrogens with one attached hydrogen (secondary N) is 1. The Morgan fingerprint density at radius 1 is 1.02 bits per heavy atom. The summed E-state index contributed by atoms with van der Waals surface area (Å²) in [4.78, 5) is 37.6. The highest BCUT2D eigenvalue weighted by atomic mass is 32.1. The second-order valence-electron chi connectivity index (χ2n) is 13.5. The molecule has 0 spiro atoms. The number of carboxylic acids is 1. The Bertz CT molecular complexity index is 1750. The lowest BCUT2D eigenvalue weighted by molar-refractivity contribution is 0.00578. The molecule has 9 nitrogen and oxygen atoms in total. The van der Waals surface area contributed by atoms with Gasteiger partial charge in [0, 0.05) is 24.1 Å². The molecule has 1 saturated heterocycles. The van der Waals surface area contributed by atoms with Gasteiger partial charge in [0.05, 0.1) is 21.4 Å². The van der Waals surface area contributed by atoms with E-state index in [-0.39, 0.29) is 11.6 Å². The van der Waals surface area contributed by atoms with Crippen LogP contribution in [0.5, 0.6) is 0 Å². The lowest BCUT2D eigenvalue weighted by Crippen LogP contribution is -2.45. The zero-order valence-corrected chi connectivity index (χ0v) is 27.0. The zero-order valence-electron chi connectivity index (χ0n) is 26.1. The lowest BCUT2D eigenvalue weighted by Gasteiger charge is -2.33. The van der Waals surface area contributed by atoms with E-state index in [1.165, 1.54) is 11.3 Å². The predicted octanol–water partition coefficient (Wildman–Crippen LogP) is 5.80. The summed E-state index contributed by atoms with van der Waals surface area (Å²) in [5, 5.41) is 13.9. The number of aromatic carboxylic acids is 1. The maximum absolute atomic E-state index is 13.5. The highest BCUT2D eigenvalue weighted by molar-refractivity contribution is 7.22. The van der Waals surface area contributed by atoms with Crippen molar-refractivity contribution in [3.63, 3.8) is 0 Å². The molecule has 0 aliphatic carbocycles. The molecule has 44 heavy (non-hydrogen) atoms. The van der Waals surface area contributed by atoms with E-state index in [9.17, 15) is 14.7 Å². The van der Waals surface area contributed by atoms with Crippen LogP contribution < -0.4 is 15.7 Å². The number of para-hydroxylation sites is 1. The highest BCUT2D eigenvalue weighted by Gasteiger charge is 2.54. The Balaban J connectivity index is 1.36. The van der Waals surface area contributed by atoms with Crippen LogP contribution in [-0.2, 0) is 27.7 Å². The van der Waals surface area contributed by atoms with Crippen molar-refractivity contribution in [1.29, 1.82) is 0 Å². The second kappa shape index (κ2) is 10.7. The van der Waals surface area contributed by atoms with Gasteiger partial charge in [-0.25, -0.2) is 14.8 Å². The van der Waals surface area contributed by atoms with E-state index in [0.717, 1.165) is 26.9 Å². The molecule has 0 saturated carbocycles. The first kappa shape index (κ1) is 30.2. The molecule has 1 amide bonds. The first-order chi connectivity index (χ1) is 20.6. The van der Waals surface area contributed by atoms with Gasteiger partial charge >= 0.3 is 13.1 Å². The topological polar surface area (TPSA) is 114 Å². The van der Waals surface area contributed by atoms with Crippen LogP contribution in [-0.4, -0.2) is 51.8 Å². The molecule has 2 N–H and O–H groups in total. The third-order valence-corrected chi connectivity index (χ3v) is 9.85. The maximum atomic E-state index is 13.5. The molecule has 11 heteroatoms. The highest BCUT2D eigenvalue weighted by Crippen LogP contribution is 2.39. The Kier molecular flexibility index (Phi) is 7.34. The number of hydrogen-bond acceptors (Lipinski definition) is 8. The Morgan fingerprint density at radius 3 is 2.39 bits per heavy atom. The van der Waals surface area contributed by atoms with Crippen molar-refractivity contribution in [2.75, 3.05) is 16.8 Å². The van der Waals surface area contributed by atoms with Gasteiger partial charge in [0.15, 0.2) is 10.8 Å². The summed E-state index contributed by atoms with van der Waals surface area (Å²) in [7, 11) is -0.873. The van der Waals surface area contributed by atoms with E-state index >= 15 is 0 Å². The number of amides is 1. The van der Waals surface area contributed by atoms with E-state index in [2.05, 4.69) is 10.3 Å². The minimum Gasteiger partial charge on any atom is -0.477 e. The van der Waals surface area contributed by atoms with Gasteiger partial charge in [-0.2, -0.15) is 0 Å². The van der Waals surface area contributed by atoms with Crippen LogP contribution in [0.1, 0.15) is 86.0 Å². The van der Waals surface area contributed by atoms with Gasteiger partial charge in [0.1, 0.15) is 5.82 Å². The van der Waals surface area contributed by atoms with Crippen LogP contribution in [0.4, 0.5) is 10.9 Å². The average Bonchev–Trinajstić information content (AvgIpc) is 3.46. The molecule has 0 unspecified atom stereocenters. The number of anilines is 2. The van der Waals surface area contributed by atoms with Gasteiger partial charge in [-0.15, -0.1) is 0 Å². The molecule has 0 bridgehead atoms. The van der Waals surface area contributed by atoms with E-state index in [4.69, 9.17) is 14.3 Å². The van der Waals surface area contributed by atoms with Crippen LogP contribution in [0.25, 0.3) is 10.2 Å². The summed E-state index contributed by atoms with van der Waals surface area (Å²) in [6, 6.07) is 15.5. The molecule has 2 aromatic heterocycles. The van der Waals surface area contributed by atoms with Crippen molar-refractivity contribution in [3.05, 3.63) is 76.5 Å². The first-order valence-corrected chi connectivity index (χ1v) is 15.6. The average molecular weight is 613 g/mol. The summed E-state index contributed by atoms with van der Waals surface area (Å²) in [5.74, 6) is -0.830. The number of nitrogens with zero attached hydrogens (tertiary/aromatic N) is 3. The normalized spacial score (nSPS) is 17.5. The minimum absolute atomic E-state index is 0.0846. The number of thiazole rings is 1. The molecular formula is C33H37BN4O5S. The van der Waals surface area contributed by atoms with Crippen molar-refractivity contribution in [2.24, 2.45) is 0 Å². The summed E-state index contributed by atoms with van der Waals surface area (Å²) < 4.78 is 13.7. The number of pyridine rings is 1. The molecule has 228 valence electrons. The van der Waals surface area contributed by atoms with Crippen molar-refractivity contribution < 1.29 is 24.0 Å². The van der Waals surface area contributed by atoms with Crippen LogP contribution in [0.15, 0.2) is 48.5 Å². The fourth-order valence-corrected chi connectivity index (χ4v) is 6.63. The van der Waals surface area contributed by atoms with Crippen molar-refractivity contribution in [1.82, 2.24) is 9.97 Å². The molecule has 2 aliphatic heterocycles. The van der Waals surface area contributed by atoms with Gasteiger partial charge < -0.3 is 19.3 Å². The number of carbonyl (C=O) groups excluding carboxylic acids is 1. The van der Waals surface area contributed by atoms with E-state index in [0.29, 0.717) is 41.5 Å². The summed E-state index contributed by atoms with van der Waals surface area (Å²) in [6.07, 6.45) is 0.686. The van der Waals surface area contributed by atoms with Crippen LogP contribution in [0.2, 0.25) is 0 Å². The molecule has 4 heterocycles. The number of fused-ring (bicyclic) bond motifs is 2. The second-order valence-corrected chi connectivity index (χ2v) is 14.5. The van der Waals surface area contributed by atoms with Crippen molar-refractivity contribution >= 4 is 57.0 Å². The number of aromatic nitrogens is 2. The molecule has 0 radical (unpaired) electrons. The lowest BCUT2D eigenvalue weighted by atomic mass is 9.68. The van der Waals surface area contributed by atoms with E-state index < -0.39 is 29.7 Å². The SMILES string of the molecule is CC(C)(C)c1cc(N2CCc3cccc(C(=O)Nc4nc5ccccc5s4)c3C2)nc(C(=O)O)c1B1OC(C)(C)C(C)(C)O1. The van der Waals surface area contributed by atoms with E-state index in [1.807, 2.05) is 102 Å². The largest absolute Gasteiger partial charge is 0.497 e. The standard InChI is InChI=1S/C33H37BN4O5S/c1-31(2,3)22-17-25(36-27(29(40)41)26(22)34-42-32(4,5)33(6,7)43-34)38-16-15-19-11-10-12-20(21(19)18-38)28(39)37-30-35-23-13-8-9-14-24(23)44-30/h8-14,17H,15-16,18H2,1-7H3,(H,40,41)(H,35,37,39). The quantitative estimate of drug-likeness (QED) is 0.272. The summed E-state index contributed by atoms with van der Waals surface area (Å²) in [6.45, 7) is 15.0. The Morgan fingerprint density at radius 2 is 1.73 bits per heavy atom. The third kappa shape index (κ3) is 5.37. The number of carbonyl (C=O) groups is 2. The first-order valence-electron chi connectivity index (χ1n) is 14.8. The minimum atomic E-state index is -1.14. The van der Waals surface area contributed by atoms with Gasteiger partial charge in [-0.3, -0.25) is 10.1 Å². The van der Waals surface area contributed by atoms with Gasteiger partial charge in [0.2, 0.25) is 0 Å². The fourth-order valence-electron chi connectivity index (χ4n) is 5.77. The maximum Gasteiger partial charge on any atom is 0.497 e. The van der Waals surface area contributed by atoms with Crippen LogP contribution in [0, 0.1) is 0 Å². The molecule has 0 atom stereocenters. The smallest absolute Gasteiger partial charge is 0.477 e. The monoisotopic (exact) mass is 612 g/mol. The molecule has 2 aromatic carbocycles. The number of hydrogen-bond donors (Lipinski definition) is 2. The molecule has 1 fully saturated rings. The molecular weight excluding hydrogens is 575 g/mol. The zero-order chi connectivity index (χ0) is 31.6. The van der Waals surface area contributed by atoms with Crippen LogP contribution in [0.3, 0.4) is 0 Å². The summed E-state index contributed by atoms with van der Waals surface area (Å²) >= 11 is 1.43. The molecule has 2 aliphatic rings. The van der Waals surface area contributed by atoms with Crippen LogP contribution >= 0.6 is 11.3 Å². The van der Waals surface area contributed by atoms with Gasteiger partial charge in [0.25, 0.3) is 5.91 Å². The molecule has 4 aromatic rings. The number of carboxylic acid groups (broad SMARTS) is 1. The van der Waals surface area contributed by atoms with Gasteiger partial charge in [-0.1, -0.05) is 56.4 Å². The number of rotatable bonds is 5. The van der Waals surface area contributed by atoms with E-state index in [1.54, 1.807) is 0 Å². The Labute approximate surface area is 261 Å². The van der Waals surface area contributed by atoms with Crippen molar-refractivity contribution in [2.45, 2.75) is 78.0 Å². The third-order valence-electron chi connectivity index (χ3n) is 8.90. The summed E-state index contributed by atoms with van der Waals surface area (Å²) in [5.41, 5.74) is 2.83.